The van der Waals surface area contributed by atoms with Gasteiger partial charge in [0.15, 0.2) is 5.82 Å². The van der Waals surface area contributed by atoms with Crippen molar-refractivity contribution in [3.8, 4) is 11.4 Å². The molecule has 2 heterocycles. The highest BCUT2D eigenvalue weighted by Crippen LogP contribution is 2.31. The highest BCUT2D eigenvalue weighted by Gasteiger charge is 2.17. The first-order valence-electron chi connectivity index (χ1n) is 6.99. The number of aromatic nitrogens is 3. The van der Waals surface area contributed by atoms with Crippen molar-refractivity contribution < 1.29 is 0 Å². The Balaban J connectivity index is 2.05. The van der Waals surface area contributed by atoms with Crippen molar-refractivity contribution in [1.29, 1.82) is 0 Å². The molecule has 2 aromatic rings. The molecule has 4 heteroatoms. The van der Waals surface area contributed by atoms with Gasteiger partial charge in [0.2, 0.25) is 0 Å². The smallest absolute Gasteiger partial charge is 0.164 e. The van der Waals surface area contributed by atoms with Crippen LogP contribution < -0.4 is 5.32 Å². The minimum atomic E-state index is 0.590. The molecule has 0 unspecified atom stereocenters. The Hall–Kier alpha value is -1.84. The van der Waals surface area contributed by atoms with E-state index in [-0.39, 0.29) is 0 Å². The third kappa shape index (κ3) is 2.35. The van der Waals surface area contributed by atoms with Crippen molar-refractivity contribution in [3.05, 3.63) is 30.1 Å². The molecule has 4 nitrogen and oxygen atoms in total. The second kappa shape index (κ2) is 5.03. The van der Waals surface area contributed by atoms with E-state index in [9.17, 15) is 0 Å². The summed E-state index contributed by atoms with van der Waals surface area (Å²) in [5, 5.41) is 11.9. The van der Waals surface area contributed by atoms with E-state index in [2.05, 4.69) is 52.1 Å². The Morgan fingerprint density at radius 1 is 1.37 bits per heavy atom. The van der Waals surface area contributed by atoms with Gasteiger partial charge in [-0.25, -0.2) is 0 Å². The third-order valence-electron chi connectivity index (χ3n) is 3.51. The van der Waals surface area contributed by atoms with Crippen LogP contribution in [0.15, 0.2) is 24.5 Å². The second-order valence-corrected chi connectivity index (χ2v) is 5.56. The lowest BCUT2D eigenvalue weighted by Crippen LogP contribution is -2.13. The summed E-state index contributed by atoms with van der Waals surface area (Å²) >= 11 is 0. The molecule has 0 amide bonds. The van der Waals surface area contributed by atoms with Gasteiger partial charge in [0, 0.05) is 24.3 Å². The van der Waals surface area contributed by atoms with E-state index < -0.39 is 0 Å². The molecule has 0 saturated carbocycles. The van der Waals surface area contributed by atoms with Crippen LogP contribution in [0.5, 0.6) is 0 Å². The molecular weight excluding hydrogens is 236 g/mol. The Bertz CT molecular complexity index is 571. The lowest BCUT2D eigenvalue weighted by Gasteiger charge is -2.21. The van der Waals surface area contributed by atoms with Crippen molar-refractivity contribution in [1.82, 2.24) is 14.8 Å². The van der Waals surface area contributed by atoms with Gasteiger partial charge < -0.3 is 9.88 Å². The number of nitrogens with one attached hydrogen (secondary N) is 1. The predicted octanol–water partition coefficient (Wildman–Crippen LogP) is 2.96. The molecule has 0 bridgehead atoms. The quantitative estimate of drug-likeness (QED) is 0.918. The molecule has 1 N–H and O–H groups in total. The van der Waals surface area contributed by atoms with Crippen LogP contribution >= 0.6 is 0 Å². The van der Waals surface area contributed by atoms with E-state index in [1.165, 1.54) is 23.2 Å². The lowest BCUT2D eigenvalue weighted by molar-refractivity contribution is 0.525. The monoisotopic (exact) mass is 256 g/mol. The molecule has 19 heavy (non-hydrogen) atoms. The molecule has 0 radical (unpaired) electrons. The molecule has 1 aromatic carbocycles. The maximum absolute atomic E-state index is 4.33. The van der Waals surface area contributed by atoms with Gasteiger partial charge in [0.1, 0.15) is 6.33 Å². The van der Waals surface area contributed by atoms with Gasteiger partial charge in [-0.1, -0.05) is 26.0 Å². The van der Waals surface area contributed by atoms with Gasteiger partial charge in [0.05, 0.1) is 0 Å². The van der Waals surface area contributed by atoms with Crippen molar-refractivity contribution in [2.75, 3.05) is 11.9 Å². The molecule has 0 fully saturated rings. The fraction of sp³-hybridized carbons (Fsp3) is 0.467. The molecule has 0 aliphatic carbocycles. The van der Waals surface area contributed by atoms with Crippen molar-refractivity contribution in [3.63, 3.8) is 0 Å². The average Bonchev–Trinajstić information content (AvgIpc) is 2.85. The van der Waals surface area contributed by atoms with Gasteiger partial charge >= 0.3 is 0 Å². The molecular formula is C15H20N4. The predicted molar refractivity (Wildman–Crippen MR) is 77.1 cm³/mol. The zero-order valence-electron chi connectivity index (χ0n) is 11.6. The third-order valence-corrected chi connectivity index (χ3v) is 3.51. The van der Waals surface area contributed by atoms with E-state index in [1.54, 1.807) is 0 Å². The molecule has 0 saturated heterocycles. The first-order chi connectivity index (χ1) is 9.25. The van der Waals surface area contributed by atoms with E-state index in [1.807, 2.05) is 6.33 Å². The number of benzene rings is 1. The summed E-state index contributed by atoms with van der Waals surface area (Å²) in [5.74, 6) is 1.58. The summed E-state index contributed by atoms with van der Waals surface area (Å²) < 4.78 is 2.16. The Morgan fingerprint density at radius 3 is 3.11 bits per heavy atom. The van der Waals surface area contributed by atoms with Crippen LogP contribution in [0.2, 0.25) is 0 Å². The minimum Gasteiger partial charge on any atom is -0.385 e. The number of hydrogen-bond acceptors (Lipinski definition) is 3. The minimum absolute atomic E-state index is 0.590. The van der Waals surface area contributed by atoms with Gasteiger partial charge in [-0.15, -0.1) is 10.2 Å². The second-order valence-electron chi connectivity index (χ2n) is 5.56. The van der Waals surface area contributed by atoms with E-state index >= 15 is 0 Å². The first-order valence-corrected chi connectivity index (χ1v) is 6.99. The van der Waals surface area contributed by atoms with Crippen LogP contribution in [-0.2, 0) is 13.0 Å². The Morgan fingerprint density at radius 2 is 2.26 bits per heavy atom. The number of nitrogens with zero attached hydrogens (tertiary/aromatic N) is 3. The van der Waals surface area contributed by atoms with Gasteiger partial charge in [-0.05, 0) is 30.4 Å². The number of anilines is 1. The molecule has 1 aromatic heterocycles. The summed E-state index contributed by atoms with van der Waals surface area (Å²) in [5.41, 5.74) is 3.86. The van der Waals surface area contributed by atoms with E-state index in [0.717, 1.165) is 25.3 Å². The summed E-state index contributed by atoms with van der Waals surface area (Å²) in [6.45, 7) is 6.45. The standard InChI is InChI=1S/C15H20N4/c1-11(2)9-19-10-17-18-15(19)13-5-3-7-14-12(13)6-4-8-16-14/h3,5,7,10-11,16H,4,6,8-9H2,1-2H3. The molecule has 0 atom stereocenters. The normalized spacial score (nSPS) is 14.3. The first kappa shape index (κ1) is 12.2. The van der Waals surface area contributed by atoms with Gasteiger partial charge in [-0.2, -0.15) is 0 Å². The van der Waals surface area contributed by atoms with Gasteiger partial charge in [-0.3, -0.25) is 0 Å². The van der Waals surface area contributed by atoms with Crippen LogP contribution in [0.1, 0.15) is 25.8 Å². The molecule has 0 spiro atoms. The van der Waals surface area contributed by atoms with Crippen molar-refractivity contribution >= 4 is 5.69 Å². The Kier molecular flexibility index (Phi) is 3.23. The highest BCUT2D eigenvalue weighted by molar-refractivity contribution is 5.70. The topological polar surface area (TPSA) is 42.7 Å². The van der Waals surface area contributed by atoms with Crippen LogP contribution in [0.4, 0.5) is 5.69 Å². The van der Waals surface area contributed by atoms with Gasteiger partial charge in [0.25, 0.3) is 0 Å². The van der Waals surface area contributed by atoms with E-state index in [4.69, 9.17) is 0 Å². The maximum atomic E-state index is 4.33. The zero-order chi connectivity index (χ0) is 13.2. The van der Waals surface area contributed by atoms with Crippen LogP contribution in [-0.4, -0.2) is 21.3 Å². The van der Waals surface area contributed by atoms with Crippen LogP contribution in [0, 0.1) is 5.92 Å². The maximum Gasteiger partial charge on any atom is 0.164 e. The highest BCUT2D eigenvalue weighted by atomic mass is 15.3. The van der Waals surface area contributed by atoms with Crippen molar-refractivity contribution in [2.24, 2.45) is 5.92 Å². The Labute approximate surface area is 113 Å². The molecule has 100 valence electrons. The largest absolute Gasteiger partial charge is 0.385 e. The van der Waals surface area contributed by atoms with Crippen LogP contribution in [0.3, 0.4) is 0 Å². The summed E-state index contributed by atoms with van der Waals surface area (Å²) in [6.07, 6.45) is 4.14. The number of rotatable bonds is 3. The number of fused-ring (bicyclic) bond motifs is 1. The molecule has 1 aliphatic rings. The average molecular weight is 256 g/mol. The van der Waals surface area contributed by atoms with E-state index in [0.29, 0.717) is 5.92 Å². The molecule has 1 aliphatic heterocycles. The fourth-order valence-corrected chi connectivity index (χ4v) is 2.71. The fourth-order valence-electron chi connectivity index (χ4n) is 2.71. The SMILES string of the molecule is CC(C)Cn1cnnc1-c1cccc2c1CCCN2. The summed E-state index contributed by atoms with van der Waals surface area (Å²) in [7, 11) is 0. The van der Waals surface area contributed by atoms with Crippen molar-refractivity contribution in [2.45, 2.75) is 33.2 Å². The zero-order valence-corrected chi connectivity index (χ0v) is 11.6. The number of hydrogen-bond donors (Lipinski definition) is 1. The summed E-state index contributed by atoms with van der Waals surface area (Å²) in [6, 6.07) is 6.41. The van der Waals surface area contributed by atoms with Crippen LogP contribution in [0.25, 0.3) is 11.4 Å². The summed E-state index contributed by atoms with van der Waals surface area (Å²) in [4.78, 5) is 0. The lowest BCUT2D eigenvalue weighted by atomic mass is 9.97. The molecule has 3 rings (SSSR count).